The number of halogens is 1. The second-order valence-electron chi connectivity index (χ2n) is 9.19. The molecule has 1 aliphatic rings. The van der Waals surface area contributed by atoms with Gasteiger partial charge in [0.1, 0.15) is 6.54 Å². The zero-order valence-corrected chi connectivity index (χ0v) is 22.2. The van der Waals surface area contributed by atoms with Crippen LogP contribution in [0.25, 0.3) is 0 Å². The van der Waals surface area contributed by atoms with Crippen LogP contribution in [0.1, 0.15) is 67.1 Å². The van der Waals surface area contributed by atoms with Crippen LogP contribution in [0.4, 0.5) is 0 Å². The Balaban J connectivity index is 1.62. The van der Waals surface area contributed by atoms with E-state index in [9.17, 15) is 9.59 Å². The van der Waals surface area contributed by atoms with Crippen molar-refractivity contribution in [3.8, 4) is 0 Å². The summed E-state index contributed by atoms with van der Waals surface area (Å²) in [6.07, 6.45) is 2.32. The third kappa shape index (κ3) is 5.46. The topological polar surface area (TPSA) is 40.6 Å². The maximum absolute atomic E-state index is 13.9. The van der Waals surface area contributed by atoms with Gasteiger partial charge in [0.05, 0.1) is 12.0 Å². The number of hydrogen-bond acceptors (Lipinski definition) is 3. The first-order chi connectivity index (χ1) is 16.9. The van der Waals surface area contributed by atoms with E-state index in [0.29, 0.717) is 18.0 Å². The molecule has 0 bridgehead atoms. The molecule has 0 radical (unpaired) electrons. The molecule has 4 rings (SSSR count). The van der Waals surface area contributed by atoms with Gasteiger partial charge in [0.2, 0.25) is 11.8 Å². The second kappa shape index (κ2) is 11.4. The molecule has 4 nitrogen and oxygen atoms in total. The quantitative estimate of drug-likeness (QED) is 0.340. The van der Waals surface area contributed by atoms with Crippen molar-refractivity contribution in [3.05, 3.63) is 92.6 Å². The average molecular weight is 509 g/mol. The van der Waals surface area contributed by atoms with Gasteiger partial charge in [0.15, 0.2) is 0 Å². The molecule has 0 saturated heterocycles. The van der Waals surface area contributed by atoms with Crippen molar-refractivity contribution in [3.63, 3.8) is 0 Å². The molecular weight excluding hydrogens is 476 g/mol. The van der Waals surface area contributed by atoms with Crippen molar-refractivity contribution >= 4 is 34.8 Å². The van der Waals surface area contributed by atoms with Gasteiger partial charge in [-0.2, -0.15) is 0 Å². The van der Waals surface area contributed by atoms with E-state index in [1.807, 2.05) is 73.3 Å². The third-order valence-corrected chi connectivity index (χ3v) is 8.34. The Morgan fingerprint density at radius 1 is 1.06 bits per heavy atom. The fourth-order valence-electron chi connectivity index (χ4n) is 4.94. The van der Waals surface area contributed by atoms with Crippen molar-refractivity contribution in [2.75, 3.05) is 13.1 Å². The fourth-order valence-corrected chi connectivity index (χ4v) is 5.97. The molecule has 3 atom stereocenters. The van der Waals surface area contributed by atoms with Crippen LogP contribution < -0.4 is 0 Å². The van der Waals surface area contributed by atoms with Gasteiger partial charge in [-0.05, 0) is 66.5 Å². The second-order valence-corrected chi connectivity index (χ2v) is 10.6. The summed E-state index contributed by atoms with van der Waals surface area (Å²) in [6.45, 7) is 6.85. The summed E-state index contributed by atoms with van der Waals surface area (Å²) >= 11 is 7.90. The predicted molar refractivity (Wildman–Crippen MR) is 144 cm³/mol. The Hall–Kier alpha value is -2.63. The molecule has 3 aromatic rings. The molecular formula is C29H33ClN2O2S. The number of nitrogens with zero attached hydrogens (tertiary/aromatic N) is 2. The summed E-state index contributed by atoms with van der Waals surface area (Å²) < 4.78 is 0. The Kier molecular flexibility index (Phi) is 8.30. The van der Waals surface area contributed by atoms with E-state index in [1.54, 1.807) is 16.2 Å². The highest BCUT2D eigenvalue weighted by Crippen LogP contribution is 2.38. The summed E-state index contributed by atoms with van der Waals surface area (Å²) in [5.74, 6) is -0.245. The minimum atomic E-state index is -0.255. The molecule has 0 N–H and O–H groups in total. The van der Waals surface area contributed by atoms with Crippen LogP contribution in [0.3, 0.4) is 0 Å². The van der Waals surface area contributed by atoms with Gasteiger partial charge in [0.25, 0.3) is 0 Å². The van der Waals surface area contributed by atoms with E-state index in [1.165, 1.54) is 10.4 Å². The molecule has 0 spiro atoms. The van der Waals surface area contributed by atoms with Gasteiger partial charge >= 0.3 is 0 Å². The highest BCUT2D eigenvalue weighted by atomic mass is 35.5. The fraction of sp³-hybridized carbons (Fsp3) is 0.379. The number of carbonyl (C=O) groups is 2. The molecule has 0 saturated carbocycles. The van der Waals surface area contributed by atoms with Crippen molar-refractivity contribution in [2.45, 2.75) is 58.0 Å². The normalized spacial score (nSPS) is 16.9. The Morgan fingerprint density at radius 3 is 2.43 bits per heavy atom. The summed E-state index contributed by atoms with van der Waals surface area (Å²) in [7, 11) is 0. The van der Waals surface area contributed by atoms with E-state index < -0.39 is 0 Å². The number of thiophene rings is 1. The van der Waals surface area contributed by atoms with E-state index in [4.69, 9.17) is 11.6 Å². The standard InChI is InChI=1S/C29H33ClN2O2S/c1-4-20(3)32(29(34)24(5-2)21-9-7-6-8-10-21)19-27(33)31-17-15-26-25(16-18-35-26)28(31)22-11-13-23(30)14-12-22/h6-14,16,18,20,24,28H,4-5,15,17,19H2,1-3H3. The smallest absolute Gasteiger partial charge is 0.243 e. The van der Waals surface area contributed by atoms with E-state index in [-0.39, 0.29) is 36.4 Å². The van der Waals surface area contributed by atoms with Gasteiger partial charge in [-0.3, -0.25) is 9.59 Å². The molecule has 1 aromatic heterocycles. The van der Waals surface area contributed by atoms with Crippen LogP contribution >= 0.6 is 22.9 Å². The molecule has 35 heavy (non-hydrogen) atoms. The number of benzene rings is 2. The number of rotatable bonds is 8. The van der Waals surface area contributed by atoms with Crippen LogP contribution in [0.15, 0.2) is 66.0 Å². The van der Waals surface area contributed by atoms with Crippen molar-refractivity contribution in [2.24, 2.45) is 0 Å². The molecule has 6 heteroatoms. The van der Waals surface area contributed by atoms with Crippen molar-refractivity contribution in [1.29, 1.82) is 0 Å². The number of amides is 2. The Labute approximate surface area is 217 Å². The van der Waals surface area contributed by atoms with Gasteiger partial charge in [-0.25, -0.2) is 0 Å². The van der Waals surface area contributed by atoms with Crippen LogP contribution in [-0.4, -0.2) is 40.7 Å². The summed E-state index contributed by atoms with van der Waals surface area (Å²) in [6, 6.07) is 19.6. The minimum absolute atomic E-state index is 0.0154. The largest absolute Gasteiger partial charge is 0.330 e. The summed E-state index contributed by atoms with van der Waals surface area (Å²) in [5.41, 5.74) is 3.22. The van der Waals surface area contributed by atoms with Crippen LogP contribution in [0.2, 0.25) is 5.02 Å². The minimum Gasteiger partial charge on any atom is -0.330 e. The first kappa shape index (κ1) is 25.5. The molecule has 184 valence electrons. The lowest BCUT2D eigenvalue weighted by molar-refractivity contribution is -0.144. The number of carbonyl (C=O) groups excluding carboxylic acids is 2. The van der Waals surface area contributed by atoms with E-state index >= 15 is 0 Å². The number of hydrogen-bond donors (Lipinski definition) is 0. The molecule has 2 amide bonds. The van der Waals surface area contributed by atoms with Crippen LogP contribution in [-0.2, 0) is 16.0 Å². The highest BCUT2D eigenvalue weighted by molar-refractivity contribution is 7.10. The van der Waals surface area contributed by atoms with Gasteiger partial charge in [-0.1, -0.05) is 67.9 Å². The summed E-state index contributed by atoms with van der Waals surface area (Å²) in [4.78, 5) is 32.7. The van der Waals surface area contributed by atoms with E-state index in [0.717, 1.165) is 24.0 Å². The SMILES string of the molecule is CCC(C(=O)N(CC(=O)N1CCc2sccc2C1c1ccc(Cl)cc1)C(C)CC)c1ccccc1. The van der Waals surface area contributed by atoms with Crippen LogP contribution in [0, 0.1) is 0 Å². The van der Waals surface area contributed by atoms with Crippen molar-refractivity contribution < 1.29 is 9.59 Å². The molecule has 0 fully saturated rings. The van der Waals surface area contributed by atoms with Gasteiger partial charge < -0.3 is 9.80 Å². The third-order valence-electron chi connectivity index (χ3n) is 7.09. The molecule has 3 unspecified atom stereocenters. The monoisotopic (exact) mass is 508 g/mol. The maximum atomic E-state index is 13.9. The molecule has 2 aromatic carbocycles. The van der Waals surface area contributed by atoms with E-state index in [2.05, 4.69) is 18.4 Å². The lowest BCUT2D eigenvalue weighted by Gasteiger charge is -2.39. The average Bonchev–Trinajstić information content (AvgIpc) is 3.36. The van der Waals surface area contributed by atoms with Gasteiger partial charge in [-0.15, -0.1) is 11.3 Å². The Morgan fingerprint density at radius 2 is 1.77 bits per heavy atom. The van der Waals surface area contributed by atoms with Gasteiger partial charge in [0, 0.05) is 22.5 Å². The zero-order chi connectivity index (χ0) is 24.9. The maximum Gasteiger partial charge on any atom is 0.243 e. The first-order valence-corrected chi connectivity index (χ1v) is 13.7. The number of fused-ring (bicyclic) bond motifs is 1. The summed E-state index contributed by atoms with van der Waals surface area (Å²) in [5, 5.41) is 2.77. The predicted octanol–water partition coefficient (Wildman–Crippen LogP) is 6.70. The molecule has 2 heterocycles. The highest BCUT2D eigenvalue weighted by Gasteiger charge is 2.36. The first-order valence-electron chi connectivity index (χ1n) is 12.4. The Bertz CT molecular complexity index is 1150. The lowest BCUT2D eigenvalue weighted by Crippen LogP contribution is -2.50. The zero-order valence-electron chi connectivity index (χ0n) is 20.6. The van der Waals surface area contributed by atoms with Crippen LogP contribution in [0.5, 0.6) is 0 Å². The molecule has 0 aliphatic carbocycles. The van der Waals surface area contributed by atoms with Crippen molar-refractivity contribution in [1.82, 2.24) is 9.80 Å². The lowest BCUT2D eigenvalue weighted by atomic mass is 9.92. The molecule has 1 aliphatic heterocycles.